The van der Waals surface area contributed by atoms with Crippen molar-refractivity contribution in [2.75, 3.05) is 5.32 Å². The van der Waals surface area contributed by atoms with E-state index in [0.29, 0.717) is 6.20 Å². The van der Waals surface area contributed by atoms with Crippen LogP contribution in [-0.4, -0.2) is 27.5 Å². The van der Waals surface area contributed by atoms with E-state index >= 15 is 0 Å². The fraction of sp³-hybridized carbons (Fsp3) is 0.111. The number of rotatable bonds is 5. The fourth-order valence-electron chi connectivity index (χ4n) is 2.35. The molecule has 0 aliphatic rings. The van der Waals surface area contributed by atoms with E-state index in [1.165, 1.54) is 12.3 Å². The highest BCUT2D eigenvalue weighted by atomic mass is 35.5. The second-order valence-electron chi connectivity index (χ2n) is 5.86. The van der Waals surface area contributed by atoms with Crippen molar-refractivity contribution in [1.29, 1.82) is 0 Å². The molecule has 3 aromatic rings. The highest BCUT2D eigenvalue weighted by molar-refractivity contribution is 6.35. The smallest absolute Gasteiger partial charge is 0.455 e. The van der Waals surface area contributed by atoms with Crippen molar-refractivity contribution in [2.45, 2.75) is 12.5 Å². The van der Waals surface area contributed by atoms with Gasteiger partial charge in [0.05, 0.1) is 29.3 Å². The summed E-state index contributed by atoms with van der Waals surface area (Å²) in [7, 11) is 0. The van der Waals surface area contributed by atoms with Gasteiger partial charge in [0.15, 0.2) is 11.4 Å². The third kappa shape index (κ3) is 5.75. The van der Waals surface area contributed by atoms with Gasteiger partial charge in [0, 0.05) is 0 Å². The Hall–Kier alpha value is -3.61. The highest BCUT2D eigenvalue weighted by Crippen LogP contribution is 2.39. The molecule has 0 aliphatic heterocycles. The number of amides is 1. The number of nitrogens with one attached hydrogen (secondary N) is 1. The number of ether oxygens (including phenoxy) is 2. The quantitative estimate of drug-likeness (QED) is 0.488. The van der Waals surface area contributed by atoms with Crippen molar-refractivity contribution in [3.8, 4) is 17.2 Å². The monoisotopic (exact) mass is 478 g/mol. The first-order valence-corrected chi connectivity index (χ1v) is 8.69. The van der Waals surface area contributed by atoms with Gasteiger partial charge in [-0.3, -0.25) is 4.79 Å². The average molecular weight is 479 g/mol. The molecule has 7 nitrogen and oxygen atoms in total. The fourth-order valence-corrected chi connectivity index (χ4v) is 2.69. The number of aromatic nitrogens is 3. The predicted molar refractivity (Wildman–Crippen MR) is 97.4 cm³/mol. The molecule has 1 aromatic carbocycles. The Morgan fingerprint density at radius 1 is 0.938 bits per heavy atom. The maximum atomic E-state index is 13.2. The first-order chi connectivity index (χ1) is 14.9. The largest absolute Gasteiger partial charge is 0.573 e. The molecular formula is C18H9ClF6N4O3. The molecule has 3 rings (SSSR count). The minimum atomic E-state index is -4.97. The van der Waals surface area contributed by atoms with Crippen molar-refractivity contribution in [3.05, 3.63) is 65.2 Å². The molecular weight excluding hydrogens is 470 g/mol. The number of halogens is 7. The summed E-state index contributed by atoms with van der Waals surface area (Å²) in [5, 5.41) is 8.28. The molecule has 0 bridgehead atoms. The van der Waals surface area contributed by atoms with Crippen LogP contribution in [0, 0.1) is 0 Å². The first-order valence-electron chi connectivity index (χ1n) is 8.31. The second kappa shape index (κ2) is 8.86. The van der Waals surface area contributed by atoms with Gasteiger partial charge in [-0.1, -0.05) is 11.6 Å². The lowest BCUT2D eigenvalue weighted by atomic mass is 10.1. The minimum absolute atomic E-state index is 0.103. The third-order valence-corrected chi connectivity index (χ3v) is 3.98. The molecule has 0 atom stereocenters. The summed E-state index contributed by atoms with van der Waals surface area (Å²) in [4.78, 5) is 15.9. The normalized spacial score (nSPS) is 11.7. The number of alkyl halides is 6. The SMILES string of the molecule is O=C(Nc1ccnnc1)c1c(Oc2ccc(OC(F)(F)F)cc2)cnc(C(F)(F)F)c1Cl. The molecule has 0 fully saturated rings. The van der Waals surface area contributed by atoms with Gasteiger partial charge in [0.1, 0.15) is 17.1 Å². The zero-order valence-corrected chi connectivity index (χ0v) is 16.1. The molecule has 2 aromatic heterocycles. The topological polar surface area (TPSA) is 86.2 Å². The van der Waals surface area contributed by atoms with Crippen LogP contribution in [0.4, 0.5) is 32.0 Å². The molecule has 0 saturated carbocycles. The van der Waals surface area contributed by atoms with Crippen molar-refractivity contribution in [1.82, 2.24) is 15.2 Å². The zero-order chi connectivity index (χ0) is 23.5. The minimum Gasteiger partial charge on any atom is -0.455 e. The Labute approximate surface area is 180 Å². The van der Waals surface area contributed by atoms with Crippen molar-refractivity contribution >= 4 is 23.2 Å². The van der Waals surface area contributed by atoms with Gasteiger partial charge in [0.2, 0.25) is 0 Å². The van der Waals surface area contributed by atoms with Gasteiger partial charge >= 0.3 is 12.5 Å². The lowest BCUT2D eigenvalue weighted by Crippen LogP contribution is -2.18. The molecule has 0 radical (unpaired) electrons. The van der Waals surface area contributed by atoms with Crippen LogP contribution < -0.4 is 14.8 Å². The second-order valence-corrected chi connectivity index (χ2v) is 6.24. The van der Waals surface area contributed by atoms with Gasteiger partial charge < -0.3 is 14.8 Å². The van der Waals surface area contributed by atoms with E-state index in [-0.39, 0.29) is 11.4 Å². The summed E-state index contributed by atoms with van der Waals surface area (Å²) >= 11 is 5.83. The van der Waals surface area contributed by atoms with Crippen LogP contribution in [0.2, 0.25) is 5.02 Å². The van der Waals surface area contributed by atoms with E-state index in [9.17, 15) is 31.1 Å². The van der Waals surface area contributed by atoms with Crippen LogP contribution >= 0.6 is 11.6 Å². The first kappa shape index (κ1) is 23.1. The van der Waals surface area contributed by atoms with Gasteiger partial charge in [-0.05, 0) is 30.3 Å². The Kier molecular flexibility index (Phi) is 6.39. The maximum Gasteiger partial charge on any atom is 0.573 e. The molecule has 1 N–H and O–H groups in total. The van der Waals surface area contributed by atoms with E-state index < -0.39 is 46.2 Å². The maximum absolute atomic E-state index is 13.2. The van der Waals surface area contributed by atoms with E-state index in [1.54, 1.807) is 0 Å². The molecule has 14 heteroatoms. The molecule has 0 spiro atoms. The van der Waals surface area contributed by atoms with E-state index in [0.717, 1.165) is 30.5 Å². The van der Waals surface area contributed by atoms with E-state index in [4.69, 9.17) is 16.3 Å². The summed E-state index contributed by atoms with van der Waals surface area (Å²) in [5.74, 6) is -2.25. The van der Waals surface area contributed by atoms with Crippen LogP contribution in [0.25, 0.3) is 0 Å². The predicted octanol–water partition coefficient (Wildman–Crippen LogP) is 5.49. The lowest BCUT2D eigenvalue weighted by molar-refractivity contribution is -0.274. The molecule has 2 heterocycles. The van der Waals surface area contributed by atoms with Gasteiger partial charge in [-0.15, -0.1) is 13.2 Å². The standard InChI is InChI=1S/C18H9ClF6N4O3/c19-14-13(16(30)29-9-5-6-27-28-7-9)12(8-26-15(14)17(20,21)22)31-10-1-3-11(4-2-10)32-18(23,24)25/h1-8H,(H,27,29,30). The van der Waals surface area contributed by atoms with Crippen molar-refractivity contribution < 1.29 is 40.6 Å². The molecule has 32 heavy (non-hydrogen) atoms. The number of carbonyl (C=O) groups is 1. The van der Waals surface area contributed by atoms with Crippen LogP contribution in [0.5, 0.6) is 17.2 Å². The van der Waals surface area contributed by atoms with Crippen molar-refractivity contribution in [3.63, 3.8) is 0 Å². The van der Waals surface area contributed by atoms with Crippen LogP contribution in [0.15, 0.2) is 48.9 Å². The summed E-state index contributed by atoms with van der Waals surface area (Å²) in [6.07, 6.45) is -6.90. The molecule has 1 amide bonds. The number of hydrogen-bond donors (Lipinski definition) is 1. The van der Waals surface area contributed by atoms with Gasteiger partial charge in [-0.25, -0.2) is 4.98 Å². The Morgan fingerprint density at radius 3 is 2.16 bits per heavy atom. The summed E-state index contributed by atoms with van der Waals surface area (Å²) < 4.78 is 85.5. The molecule has 0 saturated heterocycles. The molecule has 168 valence electrons. The number of nitrogens with zero attached hydrogens (tertiary/aromatic N) is 3. The lowest BCUT2D eigenvalue weighted by Gasteiger charge is -2.16. The number of pyridine rings is 1. The number of anilines is 1. The van der Waals surface area contributed by atoms with Gasteiger partial charge in [0.25, 0.3) is 5.91 Å². The molecule has 0 unspecified atom stereocenters. The number of carbonyl (C=O) groups excluding carboxylic acids is 1. The van der Waals surface area contributed by atoms with Crippen LogP contribution in [-0.2, 0) is 6.18 Å². The third-order valence-electron chi connectivity index (χ3n) is 3.61. The summed E-state index contributed by atoms with van der Waals surface area (Å²) in [5.41, 5.74) is -2.13. The Bertz CT molecular complexity index is 1110. The Balaban J connectivity index is 1.96. The van der Waals surface area contributed by atoms with Crippen LogP contribution in [0.3, 0.4) is 0 Å². The van der Waals surface area contributed by atoms with E-state index in [1.807, 2.05) is 0 Å². The zero-order valence-electron chi connectivity index (χ0n) is 15.3. The summed E-state index contributed by atoms with van der Waals surface area (Å²) in [6.45, 7) is 0. The van der Waals surface area contributed by atoms with Crippen molar-refractivity contribution in [2.24, 2.45) is 0 Å². The number of benzene rings is 1. The van der Waals surface area contributed by atoms with E-state index in [2.05, 4.69) is 25.2 Å². The average Bonchev–Trinajstić information content (AvgIpc) is 2.68. The Morgan fingerprint density at radius 2 is 1.59 bits per heavy atom. The summed E-state index contributed by atoms with van der Waals surface area (Å²) in [6, 6.07) is 5.22. The number of hydrogen-bond acceptors (Lipinski definition) is 6. The molecule has 0 aliphatic carbocycles. The van der Waals surface area contributed by atoms with Gasteiger partial charge in [-0.2, -0.15) is 23.4 Å². The van der Waals surface area contributed by atoms with Crippen LogP contribution in [0.1, 0.15) is 16.1 Å². The highest BCUT2D eigenvalue weighted by Gasteiger charge is 2.38.